The summed E-state index contributed by atoms with van der Waals surface area (Å²) in [6.07, 6.45) is 2.45. The molecule has 1 N–H and O–H groups in total. The lowest BCUT2D eigenvalue weighted by molar-refractivity contribution is 0.0796. The fourth-order valence-corrected chi connectivity index (χ4v) is 2.57. The summed E-state index contributed by atoms with van der Waals surface area (Å²) in [6.45, 7) is 8.32. The molecule has 0 radical (unpaired) electrons. The summed E-state index contributed by atoms with van der Waals surface area (Å²) >= 11 is 3.30. The standard InChI is InChI=1S/C11H21BrN4OSi/c1-18(2,3)7-6-17-8-16-11(13-9-4-5-9)14-10(12)15-16/h9H,4-8H2,1-3H3,(H,13,14,15). The van der Waals surface area contributed by atoms with E-state index >= 15 is 0 Å². The monoisotopic (exact) mass is 332 g/mol. The minimum atomic E-state index is -1.02. The molecule has 1 fully saturated rings. The predicted octanol–water partition coefficient (Wildman–Crippen LogP) is 2.93. The molecule has 2 rings (SSSR count). The molecule has 0 aliphatic heterocycles. The molecular weight excluding hydrogens is 312 g/mol. The van der Waals surface area contributed by atoms with Crippen molar-refractivity contribution in [3.63, 3.8) is 0 Å². The molecule has 1 aliphatic carbocycles. The Morgan fingerprint density at radius 2 is 2.17 bits per heavy atom. The Labute approximate surface area is 117 Å². The Kier molecular flexibility index (Phi) is 4.44. The Balaban J connectivity index is 1.80. The molecule has 1 heterocycles. The highest BCUT2D eigenvalue weighted by atomic mass is 79.9. The summed E-state index contributed by atoms with van der Waals surface area (Å²) in [6, 6.07) is 1.75. The van der Waals surface area contributed by atoms with Crippen molar-refractivity contribution in [2.24, 2.45) is 0 Å². The maximum Gasteiger partial charge on any atom is 0.224 e. The van der Waals surface area contributed by atoms with E-state index in [2.05, 4.69) is 51.0 Å². The molecule has 1 saturated carbocycles. The highest BCUT2D eigenvalue weighted by Gasteiger charge is 2.23. The fraction of sp³-hybridized carbons (Fsp3) is 0.818. The van der Waals surface area contributed by atoms with Crippen LogP contribution in [0.3, 0.4) is 0 Å². The van der Waals surface area contributed by atoms with E-state index in [4.69, 9.17) is 4.74 Å². The number of halogens is 1. The average molecular weight is 333 g/mol. The van der Waals surface area contributed by atoms with Crippen molar-refractivity contribution in [3.05, 3.63) is 4.73 Å². The van der Waals surface area contributed by atoms with Gasteiger partial charge in [0.05, 0.1) is 0 Å². The lowest BCUT2D eigenvalue weighted by Crippen LogP contribution is -2.22. The van der Waals surface area contributed by atoms with Gasteiger partial charge in [0.1, 0.15) is 6.73 Å². The van der Waals surface area contributed by atoms with Crippen LogP contribution in [0.5, 0.6) is 0 Å². The van der Waals surface area contributed by atoms with Gasteiger partial charge in [-0.2, -0.15) is 4.98 Å². The average Bonchev–Trinajstić information content (AvgIpc) is 2.97. The van der Waals surface area contributed by atoms with Gasteiger partial charge in [0.25, 0.3) is 0 Å². The summed E-state index contributed by atoms with van der Waals surface area (Å²) in [7, 11) is -1.02. The Hall–Kier alpha value is -0.403. The Morgan fingerprint density at radius 3 is 2.78 bits per heavy atom. The van der Waals surface area contributed by atoms with Gasteiger partial charge in [-0.3, -0.25) is 0 Å². The second-order valence-corrected chi connectivity index (χ2v) is 12.3. The van der Waals surface area contributed by atoms with Crippen molar-refractivity contribution in [2.45, 2.75) is 51.3 Å². The van der Waals surface area contributed by atoms with Gasteiger partial charge < -0.3 is 10.1 Å². The maximum absolute atomic E-state index is 5.69. The molecule has 0 saturated heterocycles. The lowest BCUT2D eigenvalue weighted by atomic mass is 10.7. The van der Waals surface area contributed by atoms with E-state index in [0.29, 0.717) is 17.5 Å². The van der Waals surface area contributed by atoms with E-state index in [1.54, 1.807) is 4.68 Å². The van der Waals surface area contributed by atoms with Gasteiger partial charge in [0.2, 0.25) is 10.7 Å². The molecule has 0 aromatic carbocycles. The van der Waals surface area contributed by atoms with Crippen LogP contribution in [0.2, 0.25) is 25.7 Å². The third-order valence-electron chi connectivity index (χ3n) is 2.77. The lowest BCUT2D eigenvalue weighted by Gasteiger charge is -2.15. The van der Waals surface area contributed by atoms with Gasteiger partial charge in [-0.05, 0) is 34.8 Å². The fourth-order valence-electron chi connectivity index (χ4n) is 1.45. The zero-order valence-corrected chi connectivity index (χ0v) is 13.8. The molecular formula is C11H21BrN4OSi. The second kappa shape index (κ2) is 5.71. The van der Waals surface area contributed by atoms with Gasteiger partial charge in [0.15, 0.2) is 0 Å². The van der Waals surface area contributed by atoms with Crippen molar-refractivity contribution in [2.75, 3.05) is 11.9 Å². The van der Waals surface area contributed by atoms with Gasteiger partial charge in [-0.15, -0.1) is 5.10 Å². The van der Waals surface area contributed by atoms with E-state index in [1.807, 2.05) is 0 Å². The van der Waals surface area contributed by atoms with Gasteiger partial charge >= 0.3 is 0 Å². The number of nitrogens with zero attached hydrogens (tertiary/aromatic N) is 3. The zero-order chi connectivity index (χ0) is 13.2. The first-order chi connectivity index (χ1) is 8.44. The van der Waals surface area contributed by atoms with Gasteiger partial charge in [-0.1, -0.05) is 19.6 Å². The summed E-state index contributed by atoms with van der Waals surface area (Å²) in [5.41, 5.74) is 0. The number of rotatable bonds is 7. The van der Waals surface area contributed by atoms with E-state index in [1.165, 1.54) is 18.9 Å². The number of nitrogens with one attached hydrogen (secondary N) is 1. The van der Waals surface area contributed by atoms with Crippen LogP contribution in [-0.2, 0) is 11.5 Å². The molecule has 0 atom stereocenters. The minimum absolute atomic E-state index is 0.470. The van der Waals surface area contributed by atoms with Crippen LogP contribution in [0.25, 0.3) is 0 Å². The third kappa shape index (κ3) is 4.70. The van der Waals surface area contributed by atoms with Crippen LogP contribution in [-0.4, -0.2) is 35.5 Å². The Bertz CT molecular complexity index is 400. The summed E-state index contributed by atoms with van der Waals surface area (Å²) in [4.78, 5) is 4.30. The molecule has 5 nitrogen and oxygen atoms in total. The molecule has 1 aromatic rings. The quantitative estimate of drug-likeness (QED) is 0.616. The molecule has 1 aromatic heterocycles. The first-order valence-corrected chi connectivity index (χ1v) is 10.9. The van der Waals surface area contributed by atoms with Crippen molar-refractivity contribution in [3.8, 4) is 0 Å². The van der Waals surface area contributed by atoms with Gasteiger partial charge in [0, 0.05) is 20.7 Å². The molecule has 7 heteroatoms. The molecule has 18 heavy (non-hydrogen) atoms. The molecule has 0 unspecified atom stereocenters. The number of ether oxygens (including phenoxy) is 1. The molecule has 1 aliphatic rings. The normalized spacial score (nSPS) is 16.0. The van der Waals surface area contributed by atoms with E-state index in [0.717, 1.165) is 12.6 Å². The van der Waals surface area contributed by atoms with Crippen molar-refractivity contribution in [1.29, 1.82) is 0 Å². The predicted molar refractivity (Wildman–Crippen MR) is 78.5 cm³/mol. The van der Waals surface area contributed by atoms with Crippen LogP contribution in [0.15, 0.2) is 4.73 Å². The topological polar surface area (TPSA) is 52.0 Å². The number of hydrogen-bond donors (Lipinski definition) is 1. The van der Waals surface area contributed by atoms with Crippen molar-refractivity contribution < 1.29 is 4.74 Å². The smallest absolute Gasteiger partial charge is 0.224 e. The minimum Gasteiger partial charge on any atom is -0.359 e. The molecule has 0 bridgehead atoms. The number of anilines is 1. The molecule has 0 spiro atoms. The van der Waals surface area contributed by atoms with Crippen LogP contribution >= 0.6 is 15.9 Å². The zero-order valence-electron chi connectivity index (χ0n) is 11.2. The second-order valence-electron chi connectivity index (χ2n) is 5.97. The van der Waals surface area contributed by atoms with Crippen LogP contribution < -0.4 is 5.32 Å². The number of hydrogen-bond acceptors (Lipinski definition) is 4. The molecule has 0 amide bonds. The van der Waals surface area contributed by atoms with Gasteiger partial charge in [-0.25, -0.2) is 4.68 Å². The Morgan fingerprint density at radius 1 is 1.44 bits per heavy atom. The first kappa shape index (κ1) is 14.0. The third-order valence-corrected chi connectivity index (χ3v) is 4.81. The van der Waals surface area contributed by atoms with Crippen molar-refractivity contribution in [1.82, 2.24) is 14.8 Å². The maximum atomic E-state index is 5.69. The highest BCUT2D eigenvalue weighted by molar-refractivity contribution is 9.10. The number of aromatic nitrogens is 3. The summed E-state index contributed by atoms with van der Waals surface area (Å²) in [5.74, 6) is 0.803. The summed E-state index contributed by atoms with van der Waals surface area (Å²) < 4.78 is 8.08. The SMILES string of the molecule is C[Si](C)(C)CCOCn1nc(Br)nc1NC1CC1. The van der Waals surface area contributed by atoms with E-state index in [9.17, 15) is 0 Å². The van der Waals surface area contributed by atoms with Crippen LogP contribution in [0.1, 0.15) is 12.8 Å². The van der Waals surface area contributed by atoms with Crippen LogP contribution in [0.4, 0.5) is 5.95 Å². The van der Waals surface area contributed by atoms with E-state index < -0.39 is 8.07 Å². The molecule has 102 valence electrons. The highest BCUT2D eigenvalue weighted by Crippen LogP contribution is 2.24. The van der Waals surface area contributed by atoms with Crippen molar-refractivity contribution >= 4 is 30.0 Å². The van der Waals surface area contributed by atoms with E-state index in [-0.39, 0.29) is 0 Å². The van der Waals surface area contributed by atoms with Crippen LogP contribution in [0, 0.1) is 0 Å². The first-order valence-electron chi connectivity index (χ1n) is 6.39. The summed E-state index contributed by atoms with van der Waals surface area (Å²) in [5, 5.41) is 7.62. The largest absolute Gasteiger partial charge is 0.359 e.